The van der Waals surface area contributed by atoms with Crippen LogP contribution in [0.3, 0.4) is 0 Å². The van der Waals surface area contributed by atoms with Crippen molar-refractivity contribution < 1.29 is 19.0 Å². The largest absolute Gasteiger partial charge is 0.491 e. The number of benzene rings is 2. The van der Waals surface area contributed by atoms with E-state index < -0.39 is 0 Å². The number of fused-ring (bicyclic) bond motifs is 1. The fraction of sp³-hybridized carbons (Fsp3) is 0.350. The molecular weight excluding hydrogens is 332 g/mol. The van der Waals surface area contributed by atoms with Crippen LogP contribution in [0.5, 0.6) is 17.2 Å². The molecule has 6 heteroatoms. The van der Waals surface area contributed by atoms with Gasteiger partial charge >= 0.3 is 6.03 Å². The number of carbonyl (C=O) groups excluding carboxylic acids is 1. The molecule has 2 aromatic carbocycles. The molecule has 2 N–H and O–H groups in total. The lowest BCUT2D eigenvalue weighted by atomic mass is 10.0. The quantitative estimate of drug-likeness (QED) is 0.773. The number of ether oxygens (including phenoxy) is 3. The first kappa shape index (κ1) is 17.9. The Kier molecular flexibility index (Phi) is 5.84. The van der Waals surface area contributed by atoms with E-state index in [1.165, 1.54) is 0 Å². The van der Waals surface area contributed by atoms with Crippen molar-refractivity contribution >= 4 is 11.7 Å². The first-order valence-corrected chi connectivity index (χ1v) is 8.79. The topological polar surface area (TPSA) is 68.8 Å². The molecule has 2 aromatic rings. The van der Waals surface area contributed by atoms with Crippen LogP contribution in [0.4, 0.5) is 10.5 Å². The summed E-state index contributed by atoms with van der Waals surface area (Å²) in [5.74, 6) is 2.58. The van der Waals surface area contributed by atoms with E-state index in [0.29, 0.717) is 49.5 Å². The van der Waals surface area contributed by atoms with E-state index in [1.54, 1.807) is 18.2 Å². The minimum Gasteiger partial charge on any atom is -0.491 e. The fourth-order valence-corrected chi connectivity index (χ4v) is 2.71. The number of para-hydroxylation sites is 1. The summed E-state index contributed by atoms with van der Waals surface area (Å²) in [4.78, 5) is 12.0. The Morgan fingerprint density at radius 3 is 2.69 bits per heavy atom. The van der Waals surface area contributed by atoms with Crippen molar-refractivity contribution in [2.24, 2.45) is 0 Å². The van der Waals surface area contributed by atoms with Crippen LogP contribution in [0.1, 0.15) is 25.3 Å². The van der Waals surface area contributed by atoms with Crippen LogP contribution in [-0.2, 0) is 0 Å². The maximum absolute atomic E-state index is 12.0. The standard InChI is InChI=1S/C20H24N2O4/c1-14(2)16-5-3-4-6-17(16)24-10-9-21-20(23)22-15-7-8-18-19(13-15)26-12-11-25-18/h3-8,13-14H,9-12H2,1-2H3,(H2,21,22,23). The van der Waals surface area contributed by atoms with Crippen LogP contribution in [0.25, 0.3) is 0 Å². The highest BCUT2D eigenvalue weighted by atomic mass is 16.6. The van der Waals surface area contributed by atoms with Crippen LogP contribution in [-0.4, -0.2) is 32.4 Å². The molecule has 0 spiro atoms. The zero-order valence-electron chi connectivity index (χ0n) is 15.1. The molecule has 0 atom stereocenters. The van der Waals surface area contributed by atoms with Gasteiger partial charge in [0.05, 0.1) is 6.54 Å². The summed E-state index contributed by atoms with van der Waals surface area (Å²) in [6.07, 6.45) is 0. The maximum Gasteiger partial charge on any atom is 0.319 e. The van der Waals surface area contributed by atoms with Crippen LogP contribution < -0.4 is 24.8 Å². The van der Waals surface area contributed by atoms with Gasteiger partial charge in [-0.1, -0.05) is 32.0 Å². The van der Waals surface area contributed by atoms with E-state index in [9.17, 15) is 4.79 Å². The lowest BCUT2D eigenvalue weighted by Crippen LogP contribution is -2.32. The number of hydrogen-bond acceptors (Lipinski definition) is 4. The number of rotatable bonds is 6. The first-order chi connectivity index (χ1) is 12.6. The van der Waals surface area contributed by atoms with E-state index in [0.717, 1.165) is 11.3 Å². The first-order valence-electron chi connectivity index (χ1n) is 8.79. The molecule has 138 valence electrons. The van der Waals surface area contributed by atoms with Gasteiger partial charge in [0.25, 0.3) is 0 Å². The minimum atomic E-state index is -0.289. The van der Waals surface area contributed by atoms with Crippen LogP contribution >= 0.6 is 0 Å². The monoisotopic (exact) mass is 356 g/mol. The van der Waals surface area contributed by atoms with Gasteiger partial charge in [-0.15, -0.1) is 0 Å². The molecule has 0 aromatic heterocycles. The molecular formula is C20H24N2O4. The number of nitrogens with one attached hydrogen (secondary N) is 2. The molecule has 26 heavy (non-hydrogen) atoms. The summed E-state index contributed by atoms with van der Waals surface area (Å²) in [5, 5.41) is 5.56. The summed E-state index contributed by atoms with van der Waals surface area (Å²) >= 11 is 0. The van der Waals surface area contributed by atoms with Crippen molar-refractivity contribution in [1.82, 2.24) is 5.32 Å². The Morgan fingerprint density at radius 2 is 1.88 bits per heavy atom. The van der Waals surface area contributed by atoms with Crippen molar-refractivity contribution in [2.45, 2.75) is 19.8 Å². The lowest BCUT2D eigenvalue weighted by molar-refractivity contribution is 0.171. The van der Waals surface area contributed by atoms with Gasteiger partial charge < -0.3 is 24.8 Å². The summed E-state index contributed by atoms with van der Waals surface area (Å²) in [6.45, 7) is 6.11. The molecule has 2 amide bonds. The van der Waals surface area contributed by atoms with Gasteiger partial charge in [0.15, 0.2) is 11.5 Å². The van der Waals surface area contributed by atoms with Crippen LogP contribution in [0, 0.1) is 0 Å². The molecule has 0 radical (unpaired) electrons. The second-order valence-corrected chi connectivity index (χ2v) is 6.28. The van der Waals surface area contributed by atoms with Crippen molar-refractivity contribution in [3.63, 3.8) is 0 Å². The zero-order chi connectivity index (χ0) is 18.4. The Hall–Kier alpha value is -2.89. The Labute approximate surface area is 153 Å². The molecule has 0 unspecified atom stereocenters. The fourth-order valence-electron chi connectivity index (χ4n) is 2.71. The predicted octanol–water partition coefficient (Wildman–Crippen LogP) is 3.78. The van der Waals surface area contributed by atoms with Gasteiger partial charge in [-0.05, 0) is 29.7 Å². The van der Waals surface area contributed by atoms with Crippen molar-refractivity contribution in [1.29, 1.82) is 0 Å². The van der Waals surface area contributed by atoms with Gasteiger partial charge in [-0.2, -0.15) is 0 Å². The lowest BCUT2D eigenvalue weighted by Gasteiger charge is -2.19. The highest BCUT2D eigenvalue weighted by Crippen LogP contribution is 2.32. The van der Waals surface area contributed by atoms with Crippen molar-refractivity contribution in [2.75, 3.05) is 31.7 Å². The van der Waals surface area contributed by atoms with E-state index in [-0.39, 0.29) is 6.03 Å². The molecule has 1 heterocycles. The second kappa shape index (κ2) is 8.47. The average molecular weight is 356 g/mol. The zero-order valence-corrected chi connectivity index (χ0v) is 15.1. The summed E-state index contributed by atoms with van der Waals surface area (Å²) in [7, 11) is 0. The molecule has 3 rings (SSSR count). The molecule has 0 aliphatic carbocycles. The summed E-state index contributed by atoms with van der Waals surface area (Å²) < 4.78 is 16.8. The molecule has 6 nitrogen and oxygen atoms in total. The van der Waals surface area contributed by atoms with Gasteiger partial charge in [-0.3, -0.25) is 0 Å². The highest BCUT2D eigenvalue weighted by molar-refractivity contribution is 5.89. The van der Waals surface area contributed by atoms with Crippen LogP contribution in [0.15, 0.2) is 42.5 Å². The van der Waals surface area contributed by atoms with Gasteiger partial charge in [-0.25, -0.2) is 4.79 Å². The molecule has 0 saturated carbocycles. The van der Waals surface area contributed by atoms with Gasteiger partial charge in [0.2, 0.25) is 0 Å². The summed E-state index contributed by atoms with van der Waals surface area (Å²) in [5.41, 5.74) is 1.81. The number of anilines is 1. The smallest absolute Gasteiger partial charge is 0.319 e. The third-order valence-electron chi connectivity index (χ3n) is 3.99. The molecule has 0 bridgehead atoms. The average Bonchev–Trinajstić information content (AvgIpc) is 2.65. The van der Waals surface area contributed by atoms with E-state index >= 15 is 0 Å². The van der Waals surface area contributed by atoms with Gasteiger partial charge in [0.1, 0.15) is 25.6 Å². The Morgan fingerprint density at radius 1 is 1.12 bits per heavy atom. The Balaban J connectivity index is 1.45. The molecule has 1 aliphatic rings. The van der Waals surface area contributed by atoms with E-state index in [1.807, 2.05) is 18.2 Å². The number of carbonyl (C=O) groups is 1. The third kappa shape index (κ3) is 4.59. The van der Waals surface area contributed by atoms with E-state index in [4.69, 9.17) is 14.2 Å². The molecule has 0 saturated heterocycles. The normalized spacial score (nSPS) is 12.6. The number of urea groups is 1. The van der Waals surface area contributed by atoms with E-state index in [2.05, 4.69) is 30.5 Å². The minimum absolute atomic E-state index is 0.289. The predicted molar refractivity (Wildman–Crippen MR) is 100 cm³/mol. The third-order valence-corrected chi connectivity index (χ3v) is 3.99. The number of hydrogen-bond donors (Lipinski definition) is 2. The number of amides is 2. The Bertz CT molecular complexity index is 761. The second-order valence-electron chi connectivity index (χ2n) is 6.28. The molecule has 1 aliphatic heterocycles. The highest BCUT2D eigenvalue weighted by Gasteiger charge is 2.12. The van der Waals surface area contributed by atoms with Crippen molar-refractivity contribution in [3.8, 4) is 17.2 Å². The van der Waals surface area contributed by atoms with Gasteiger partial charge in [0, 0.05) is 11.8 Å². The SMILES string of the molecule is CC(C)c1ccccc1OCCNC(=O)Nc1ccc2c(c1)OCCO2. The van der Waals surface area contributed by atoms with Crippen molar-refractivity contribution in [3.05, 3.63) is 48.0 Å². The van der Waals surface area contributed by atoms with Crippen LogP contribution in [0.2, 0.25) is 0 Å². The maximum atomic E-state index is 12.0. The summed E-state index contributed by atoms with van der Waals surface area (Å²) in [6, 6.07) is 13.0. The molecule has 0 fully saturated rings.